The lowest BCUT2D eigenvalue weighted by Gasteiger charge is -2.23. The Morgan fingerprint density at radius 1 is 1.26 bits per heavy atom. The Bertz CT molecular complexity index is 1120. The second-order valence-electron chi connectivity index (χ2n) is 7.76. The molecule has 2 aliphatic rings. The Morgan fingerprint density at radius 3 is 2.94 bits per heavy atom. The summed E-state index contributed by atoms with van der Waals surface area (Å²) >= 11 is 1.52. The van der Waals surface area contributed by atoms with Gasteiger partial charge >= 0.3 is 0 Å². The predicted molar refractivity (Wildman–Crippen MR) is 119 cm³/mol. The van der Waals surface area contributed by atoms with Gasteiger partial charge in [0.1, 0.15) is 11.3 Å². The van der Waals surface area contributed by atoms with Crippen LogP contribution >= 0.6 is 11.3 Å². The standard InChI is InChI=1S/C23H24N2O5S/c1-14-5-7-18(27-2)21-22(14)31-23(24-21)25(12-16-4-3-9-28-16)20(26)11-15-6-8-17-19(10-15)30-13-29-17/h5-8,10,16H,3-4,9,11-13H2,1-2H3/t16-/m0/s1. The lowest BCUT2D eigenvalue weighted by molar-refractivity contribution is -0.118. The molecule has 1 aromatic heterocycles. The summed E-state index contributed by atoms with van der Waals surface area (Å²) in [7, 11) is 1.64. The number of rotatable bonds is 6. The second-order valence-corrected chi connectivity index (χ2v) is 8.74. The Kier molecular flexibility index (Phi) is 5.41. The molecule has 0 spiro atoms. The number of amides is 1. The second kappa shape index (κ2) is 8.36. The summed E-state index contributed by atoms with van der Waals surface area (Å²) < 4.78 is 23.2. The molecule has 3 aromatic rings. The van der Waals surface area contributed by atoms with Crippen LogP contribution in [0.15, 0.2) is 30.3 Å². The van der Waals surface area contributed by atoms with Gasteiger partial charge in [0.05, 0.1) is 30.9 Å². The molecule has 31 heavy (non-hydrogen) atoms. The Balaban J connectivity index is 1.47. The molecule has 8 heteroatoms. The molecule has 3 heterocycles. The molecule has 0 bridgehead atoms. The number of thiazole rings is 1. The number of aromatic nitrogens is 1. The third-order valence-electron chi connectivity index (χ3n) is 5.65. The highest BCUT2D eigenvalue weighted by Gasteiger charge is 2.27. The Hall–Kier alpha value is -2.84. The smallest absolute Gasteiger partial charge is 0.233 e. The number of ether oxygens (including phenoxy) is 4. The van der Waals surface area contributed by atoms with Crippen LogP contribution in [-0.2, 0) is 16.0 Å². The van der Waals surface area contributed by atoms with E-state index < -0.39 is 0 Å². The summed E-state index contributed by atoms with van der Waals surface area (Å²) in [6.45, 7) is 3.49. The van der Waals surface area contributed by atoms with Gasteiger partial charge in [-0.3, -0.25) is 9.69 Å². The molecule has 1 saturated heterocycles. The summed E-state index contributed by atoms with van der Waals surface area (Å²) in [6, 6.07) is 9.56. The first kappa shape index (κ1) is 20.1. The molecule has 2 aromatic carbocycles. The first-order valence-electron chi connectivity index (χ1n) is 10.4. The largest absolute Gasteiger partial charge is 0.494 e. The molecule has 0 saturated carbocycles. The normalized spacial score (nSPS) is 17.3. The van der Waals surface area contributed by atoms with E-state index in [0.29, 0.717) is 28.9 Å². The van der Waals surface area contributed by atoms with Gasteiger partial charge in [-0.15, -0.1) is 0 Å². The minimum absolute atomic E-state index is 0.0231. The van der Waals surface area contributed by atoms with Gasteiger partial charge in [-0.25, -0.2) is 4.98 Å². The maximum absolute atomic E-state index is 13.5. The van der Waals surface area contributed by atoms with Gasteiger partial charge in [-0.2, -0.15) is 0 Å². The number of hydrogen-bond acceptors (Lipinski definition) is 7. The van der Waals surface area contributed by atoms with Crippen molar-refractivity contribution in [2.24, 2.45) is 0 Å². The molecule has 2 aliphatic heterocycles. The summed E-state index contributed by atoms with van der Waals surface area (Å²) in [5, 5.41) is 0.670. The van der Waals surface area contributed by atoms with Crippen LogP contribution in [0.1, 0.15) is 24.0 Å². The van der Waals surface area contributed by atoms with Crippen molar-refractivity contribution >= 4 is 32.6 Å². The van der Waals surface area contributed by atoms with Crippen molar-refractivity contribution in [3.05, 3.63) is 41.5 Å². The zero-order valence-corrected chi connectivity index (χ0v) is 18.4. The van der Waals surface area contributed by atoms with Crippen molar-refractivity contribution in [3.8, 4) is 17.2 Å². The first-order valence-corrected chi connectivity index (χ1v) is 11.2. The zero-order chi connectivity index (χ0) is 21.4. The minimum atomic E-state index is -0.0231. The molecular weight excluding hydrogens is 416 g/mol. The van der Waals surface area contributed by atoms with Crippen molar-refractivity contribution < 1.29 is 23.7 Å². The van der Waals surface area contributed by atoms with Crippen LogP contribution in [0.5, 0.6) is 17.2 Å². The molecule has 0 N–H and O–H groups in total. The fourth-order valence-corrected chi connectivity index (χ4v) is 5.06. The molecule has 0 radical (unpaired) electrons. The van der Waals surface area contributed by atoms with Crippen LogP contribution in [0.2, 0.25) is 0 Å². The van der Waals surface area contributed by atoms with Crippen LogP contribution in [-0.4, -0.2) is 44.0 Å². The quantitative estimate of drug-likeness (QED) is 0.575. The number of aryl methyl sites for hydroxylation is 1. The van der Waals surface area contributed by atoms with Crippen LogP contribution < -0.4 is 19.1 Å². The molecule has 0 unspecified atom stereocenters. The highest BCUT2D eigenvalue weighted by atomic mass is 32.1. The lowest BCUT2D eigenvalue weighted by Crippen LogP contribution is -2.38. The van der Waals surface area contributed by atoms with Gasteiger partial charge in [-0.05, 0) is 49.1 Å². The van der Waals surface area contributed by atoms with Gasteiger partial charge < -0.3 is 18.9 Å². The number of anilines is 1. The number of nitrogens with zero attached hydrogens (tertiary/aromatic N) is 2. The number of fused-ring (bicyclic) bond motifs is 2. The highest BCUT2D eigenvalue weighted by Crippen LogP contribution is 2.37. The molecule has 162 valence electrons. The number of carbonyl (C=O) groups excluding carboxylic acids is 1. The Morgan fingerprint density at radius 2 is 2.13 bits per heavy atom. The number of carbonyl (C=O) groups is 1. The molecular formula is C23H24N2O5S. The van der Waals surface area contributed by atoms with Crippen molar-refractivity contribution in [2.75, 3.05) is 32.0 Å². The third kappa shape index (κ3) is 3.93. The number of hydrogen-bond donors (Lipinski definition) is 0. The molecule has 5 rings (SSSR count). The van der Waals surface area contributed by atoms with E-state index in [1.165, 1.54) is 11.3 Å². The van der Waals surface area contributed by atoms with E-state index in [2.05, 4.69) is 0 Å². The lowest BCUT2D eigenvalue weighted by atomic mass is 10.1. The van der Waals surface area contributed by atoms with Gasteiger partial charge in [0, 0.05) is 6.61 Å². The van der Waals surface area contributed by atoms with Crippen LogP contribution in [0.25, 0.3) is 10.2 Å². The summed E-state index contributed by atoms with van der Waals surface area (Å²) in [5.74, 6) is 2.07. The fourth-order valence-electron chi connectivity index (χ4n) is 3.98. The minimum Gasteiger partial charge on any atom is -0.494 e. The molecule has 1 atom stereocenters. The van der Waals surface area contributed by atoms with Gasteiger partial charge in [0.2, 0.25) is 12.7 Å². The average molecular weight is 441 g/mol. The summed E-state index contributed by atoms with van der Waals surface area (Å²) in [6.07, 6.45) is 2.23. The molecule has 7 nitrogen and oxygen atoms in total. The average Bonchev–Trinajstić information content (AvgIpc) is 3.52. The van der Waals surface area contributed by atoms with Crippen LogP contribution in [0, 0.1) is 6.92 Å². The van der Waals surface area contributed by atoms with Gasteiger partial charge in [0.25, 0.3) is 0 Å². The summed E-state index contributed by atoms with van der Waals surface area (Å²) in [4.78, 5) is 20.0. The summed E-state index contributed by atoms with van der Waals surface area (Å²) in [5.41, 5.74) is 2.78. The van der Waals surface area contributed by atoms with Crippen molar-refractivity contribution in [1.29, 1.82) is 0 Å². The van der Waals surface area contributed by atoms with Crippen LogP contribution in [0.4, 0.5) is 5.13 Å². The fraction of sp³-hybridized carbons (Fsp3) is 0.391. The maximum atomic E-state index is 13.5. The number of methoxy groups -OCH3 is 1. The Labute approximate surface area is 184 Å². The monoisotopic (exact) mass is 440 g/mol. The molecule has 1 fully saturated rings. The SMILES string of the molecule is COc1ccc(C)c2sc(N(C[C@@H]3CCCO3)C(=O)Cc3ccc4c(c3)OCO4)nc12. The van der Waals surface area contributed by atoms with E-state index in [4.69, 9.17) is 23.9 Å². The number of benzene rings is 2. The highest BCUT2D eigenvalue weighted by molar-refractivity contribution is 7.22. The van der Waals surface area contributed by atoms with E-state index in [0.717, 1.165) is 40.8 Å². The van der Waals surface area contributed by atoms with E-state index in [9.17, 15) is 4.79 Å². The van der Waals surface area contributed by atoms with E-state index in [1.54, 1.807) is 12.0 Å². The van der Waals surface area contributed by atoms with Crippen molar-refractivity contribution in [2.45, 2.75) is 32.3 Å². The first-order chi connectivity index (χ1) is 15.1. The van der Waals surface area contributed by atoms with Crippen LogP contribution in [0.3, 0.4) is 0 Å². The predicted octanol–water partition coefficient (Wildman–Crippen LogP) is 4.10. The van der Waals surface area contributed by atoms with Crippen molar-refractivity contribution in [1.82, 2.24) is 4.98 Å². The maximum Gasteiger partial charge on any atom is 0.233 e. The van der Waals surface area contributed by atoms with Gasteiger partial charge in [-0.1, -0.05) is 23.5 Å². The van der Waals surface area contributed by atoms with E-state index in [1.807, 2.05) is 37.3 Å². The van der Waals surface area contributed by atoms with E-state index in [-0.39, 0.29) is 25.2 Å². The zero-order valence-electron chi connectivity index (χ0n) is 17.6. The third-order valence-corrected chi connectivity index (χ3v) is 6.86. The topological polar surface area (TPSA) is 70.1 Å². The van der Waals surface area contributed by atoms with Crippen molar-refractivity contribution in [3.63, 3.8) is 0 Å². The molecule has 0 aliphatic carbocycles. The molecule has 1 amide bonds. The van der Waals surface area contributed by atoms with Gasteiger partial charge in [0.15, 0.2) is 16.6 Å². The van der Waals surface area contributed by atoms with E-state index >= 15 is 0 Å².